The van der Waals surface area contributed by atoms with Gasteiger partial charge in [-0.05, 0) is 43.2 Å². The second-order valence-corrected chi connectivity index (χ2v) is 10.1. The Morgan fingerprint density at radius 3 is 2.58 bits per heavy atom. The van der Waals surface area contributed by atoms with E-state index in [0.717, 1.165) is 30.6 Å². The normalized spacial score (nSPS) is 14.7. The summed E-state index contributed by atoms with van der Waals surface area (Å²) in [7, 11) is 1.29. The topological polar surface area (TPSA) is 98.9 Å². The van der Waals surface area contributed by atoms with Crippen molar-refractivity contribution < 1.29 is 23.5 Å². The van der Waals surface area contributed by atoms with Gasteiger partial charge in [-0.3, -0.25) is 14.5 Å². The number of aromatic nitrogens is 1. The fourth-order valence-corrected chi connectivity index (χ4v) is 5.68. The molecule has 3 heterocycles. The first kappa shape index (κ1) is 25.7. The predicted molar refractivity (Wildman–Crippen MR) is 145 cm³/mol. The van der Waals surface area contributed by atoms with Crippen molar-refractivity contribution >= 4 is 39.3 Å². The number of rotatable bonds is 9. The highest BCUT2D eigenvalue weighted by Crippen LogP contribution is 2.43. The van der Waals surface area contributed by atoms with E-state index in [0.29, 0.717) is 39.5 Å². The molecule has 0 radical (unpaired) electrons. The van der Waals surface area contributed by atoms with Crippen LogP contribution < -0.4 is 15.1 Å². The van der Waals surface area contributed by atoms with Crippen LogP contribution in [0.2, 0.25) is 0 Å². The molecule has 0 aliphatic carbocycles. The van der Waals surface area contributed by atoms with Gasteiger partial charge in [0.25, 0.3) is 5.91 Å². The Bertz CT molecular complexity index is 1560. The Labute approximate surface area is 223 Å². The first-order chi connectivity index (χ1) is 18.4. The molecule has 0 spiro atoms. The standard InChI is InChI=1S/C29H28N2O6S/c1-4-5-6-9-16-36-19-14-12-18(13-15-19)23-22-24(32)20-10-7-8-11-21(20)37-25(22)27(33)31(23)29-30-17(2)26(38-29)28(34)35-3/h7-8,10-15,23H,4-6,9,16H2,1-3H3/t23-/m0/s1. The van der Waals surface area contributed by atoms with Gasteiger partial charge in [0.1, 0.15) is 16.2 Å². The number of amides is 1. The summed E-state index contributed by atoms with van der Waals surface area (Å²) in [6.45, 7) is 4.47. The highest BCUT2D eigenvalue weighted by molar-refractivity contribution is 7.17. The lowest BCUT2D eigenvalue weighted by atomic mass is 9.98. The van der Waals surface area contributed by atoms with Crippen LogP contribution in [0.5, 0.6) is 5.75 Å². The van der Waals surface area contributed by atoms with Crippen molar-refractivity contribution in [3.8, 4) is 5.75 Å². The molecule has 0 saturated heterocycles. The minimum atomic E-state index is -0.784. The SMILES string of the molecule is CCCCCCOc1ccc([C@H]2c3c(oc4ccccc4c3=O)C(=O)N2c2nc(C)c(C(=O)OC)s2)cc1. The summed E-state index contributed by atoms with van der Waals surface area (Å²) in [6, 6.07) is 13.4. The summed E-state index contributed by atoms with van der Waals surface area (Å²) in [4.78, 5) is 45.9. The van der Waals surface area contributed by atoms with Crippen LogP contribution in [0, 0.1) is 6.92 Å². The Morgan fingerprint density at radius 2 is 1.84 bits per heavy atom. The summed E-state index contributed by atoms with van der Waals surface area (Å²) in [5, 5.41) is 0.674. The second-order valence-electron chi connectivity index (χ2n) is 9.13. The van der Waals surface area contributed by atoms with Crippen LogP contribution in [0.25, 0.3) is 11.0 Å². The molecular formula is C29H28N2O6S. The van der Waals surface area contributed by atoms with Gasteiger partial charge in [-0.1, -0.05) is 61.8 Å². The van der Waals surface area contributed by atoms with Gasteiger partial charge in [0.2, 0.25) is 5.76 Å². The summed E-state index contributed by atoms with van der Waals surface area (Å²) in [5.74, 6) is -0.339. The van der Waals surface area contributed by atoms with E-state index in [1.165, 1.54) is 18.4 Å². The van der Waals surface area contributed by atoms with Crippen molar-refractivity contribution in [3.05, 3.63) is 86.2 Å². The van der Waals surface area contributed by atoms with Crippen molar-refractivity contribution in [2.75, 3.05) is 18.6 Å². The summed E-state index contributed by atoms with van der Waals surface area (Å²) in [6.07, 6.45) is 4.44. The zero-order valence-electron chi connectivity index (χ0n) is 21.5. The maximum atomic E-state index is 13.8. The van der Waals surface area contributed by atoms with Gasteiger partial charge in [-0.2, -0.15) is 0 Å². The molecular weight excluding hydrogens is 504 g/mol. The quantitative estimate of drug-likeness (QED) is 0.191. The Hall–Kier alpha value is -3.98. The van der Waals surface area contributed by atoms with Crippen molar-refractivity contribution in [2.24, 2.45) is 0 Å². The van der Waals surface area contributed by atoms with Crippen LogP contribution in [0.1, 0.15) is 75.7 Å². The lowest BCUT2D eigenvalue weighted by Crippen LogP contribution is -2.29. The smallest absolute Gasteiger partial charge is 0.350 e. The monoisotopic (exact) mass is 532 g/mol. The fourth-order valence-electron chi connectivity index (χ4n) is 4.66. The summed E-state index contributed by atoms with van der Waals surface area (Å²) < 4.78 is 16.8. The molecule has 1 aliphatic heterocycles. The highest BCUT2D eigenvalue weighted by atomic mass is 32.1. The van der Waals surface area contributed by atoms with Crippen LogP contribution >= 0.6 is 11.3 Å². The molecule has 2 aromatic heterocycles. The van der Waals surface area contributed by atoms with E-state index < -0.39 is 17.9 Å². The molecule has 8 nitrogen and oxygen atoms in total. The van der Waals surface area contributed by atoms with Gasteiger partial charge < -0.3 is 13.9 Å². The Balaban J connectivity index is 1.58. The predicted octanol–water partition coefficient (Wildman–Crippen LogP) is 6.05. The number of esters is 1. The van der Waals surface area contributed by atoms with Crippen LogP contribution in [0.3, 0.4) is 0 Å². The molecule has 4 aromatic rings. The van der Waals surface area contributed by atoms with Gasteiger partial charge in [0.15, 0.2) is 10.6 Å². The molecule has 0 fully saturated rings. The average molecular weight is 533 g/mol. The van der Waals surface area contributed by atoms with Crippen LogP contribution in [0.15, 0.2) is 57.7 Å². The third-order valence-corrected chi connectivity index (χ3v) is 7.74. The largest absolute Gasteiger partial charge is 0.494 e. The number of carbonyl (C=O) groups is 2. The van der Waals surface area contributed by atoms with Gasteiger partial charge in [0.05, 0.1) is 36.4 Å². The first-order valence-electron chi connectivity index (χ1n) is 12.6. The lowest BCUT2D eigenvalue weighted by molar-refractivity contribution is 0.0605. The molecule has 0 unspecified atom stereocenters. The minimum absolute atomic E-state index is 0.0255. The Morgan fingerprint density at radius 1 is 1.08 bits per heavy atom. The van der Waals surface area contributed by atoms with E-state index in [1.54, 1.807) is 31.2 Å². The molecule has 0 N–H and O–H groups in total. The number of unbranched alkanes of at least 4 members (excludes halogenated alkanes) is 3. The number of ether oxygens (including phenoxy) is 2. The molecule has 196 valence electrons. The summed E-state index contributed by atoms with van der Waals surface area (Å²) >= 11 is 1.04. The molecule has 38 heavy (non-hydrogen) atoms. The molecule has 1 aliphatic rings. The molecule has 2 aromatic carbocycles. The van der Waals surface area contributed by atoms with Gasteiger partial charge in [0, 0.05) is 0 Å². The molecule has 9 heteroatoms. The maximum absolute atomic E-state index is 13.8. The highest BCUT2D eigenvalue weighted by Gasteiger charge is 2.45. The molecule has 0 saturated carbocycles. The number of anilines is 1. The van der Waals surface area contributed by atoms with Crippen LogP contribution in [-0.2, 0) is 4.74 Å². The third kappa shape index (κ3) is 4.58. The molecule has 1 atom stereocenters. The van der Waals surface area contributed by atoms with Crippen molar-refractivity contribution in [2.45, 2.75) is 45.6 Å². The van der Waals surface area contributed by atoms with E-state index in [4.69, 9.17) is 13.9 Å². The minimum Gasteiger partial charge on any atom is -0.494 e. The van der Waals surface area contributed by atoms with Gasteiger partial charge in [-0.25, -0.2) is 9.78 Å². The van der Waals surface area contributed by atoms with Gasteiger partial charge >= 0.3 is 5.97 Å². The maximum Gasteiger partial charge on any atom is 0.350 e. The fraction of sp³-hybridized carbons (Fsp3) is 0.310. The third-order valence-electron chi connectivity index (χ3n) is 6.60. The number of hydrogen-bond acceptors (Lipinski definition) is 8. The zero-order chi connectivity index (χ0) is 26.8. The van der Waals surface area contributed by atoms with E-state index >= 15 is 0 Å². The second kappa shape index (κ2) is 10.8. The number of aryl methyl sites for hydroxylation is 1. The van der Waals surface area contributed by atoms with Gasteiger partial charge in [-0.15, -0.1) is 0 Å². The van der Waals surface area contributed by atoms with Crippen LogP contribution in [0.4, 0.5) is 5.13 Å². The van der Waals surface area contributed by atoms with E-state index in [-0.39, 0.29) is 21.9 Å². The number of para-hydroxylation sites is 1. The number of thiazole rings is 1. The number of carbonyl (C=O) groups excluding carboxylic acids is 2. The van der Waals surface area contributed by atoms with Crippen molar-refractivity contribution in [1.82, 2.24) is 4.98 Å². The first-order valence-corrected chi connectivity index (χ1v) is 13.4. The molecule has 0 bridgehead atoms. The lowest BCUT2D eigenvalue weighted by Gasteiger charge is -2.22. The number of fused-ring (bicyclic) bond motifs is 2. The Kier molecular flexibility index (Phi) is 7.28. The van der Waals surface area contributed by atoms with Crippen molar-refractivity contribution in [1.29, 1.82) is 0 Å². The van der Waals surface area contributed by atoms with E-state index in [1.807, 2.05) is 24.3 Å². The van der Waals surface area contributed by atoms with E-state index in [9.17, 15) is 14.4 Å². The number of nitrogens with zero attached hydrogens (tertiary/aromatic N) is 2. The number of hydrogen-bond donors (Lipinski definition) is 0. The molecule has 5 rings (SSSR count). The van der Waals surface area contributed by atoms with E-state index in [2.05, 4.69) is 11.9 Å². The number of methoxy groups -OCH3 is 1. The number of benzene rings is 2. The summed E-state index contributed by atoms with van der Waals surface area (Å²) in [5.41, 5.74) is 1.44. The average Bonchev–Trinajstić information content (AvgIpc) is 3.45. The zero-order valence-corrected chi connectivity index (χ0v) is 22.3. The van der Waals surface area contributed by atoms with Crippen LogP contribution in [-0.4, -0.2) is 30.6 Å². The van der Waals surface area contributed by atoms with Crippen molar-refractivity contribution in [3.63, 3.8) is 0 Å². The molecule has 1 amide bonds.